The van der Waals surface area contributed by atoms with E-state index in [-0.39, 0.29) is 54.4 Å². The van der Waals surface area contributed by atoms with E-state index in [1.54, 1.807) is 39.8 Å². The summed E-state index contributed by atoms with van der Waals surface area (Å²) in [4.78, 5) is 68.9. The van der Waals surface area contributed by atoms with Gasteiger partial charge in [0.15, 0.2) is 36.5 Å². The second kappa shape index (κ2) is 27.9. The Bertz CT molecular complexity index is 2120. The summed E-state index contributed by atoms with van der Waals surface area (Å²) in [6.45, 7) is 12.8. The van der Waals surface area contributed by atoms with E-state index in [2.05, 4.69) is 4.90 Å². The van der Waals surface area contributed by atoms with Crippen LogP contribution in [-0.2, 0) is 61.8 Å². The smallest absolute Gasteiger partial charge is 0.338 e. The molecule has 0 saturated carbocycles. The molecule has 0 aliphatic carbocycles. The molecule has 4 heterocycles. The van der Waals surface area contributed by atoms with Crippen LogP contribution in [0, 0.1) is 11.8 Å². The van der Waals surface area contributed by atoms with Gasteiger partial charge in [0.2, 0.25) is 0 Å². The van der Waals surface area contributed by atoms with Crippen molar-refractivity contribution in [3.05, 3.63) is 48.1 Å². The van der Waals surface area contributed by atoms with Gasteiger partial charge in [-0.1, -0.05) is 31.2 Å². The van der Waals surface area contributed by atoms with E-state index in [0.717, 1.165) is 26.6 Å². The summed E-state index contributed by atoms with van der Waals surface area (Å²) in [5.41, 5.74) is -1.74. The van der Waals surface area contributed by atoms with Crippen LogP contribution in [0.25, 0.3) is 0 Å². The molecule has 0 aromatic heterocycles. The molecule has 422 valence electrons. The van der Waals surface area contributed by atoms with Gasteiger partial charge < -0.3 is 82.0 Å². The molecule has 0 radical (unpaired) electrons. The normalized spacial score (nSPS) is 38.2. The molecule has 1 aromatic rings. The van der Waals surface area contributed by atoms with E-state index >= 15 is 0 Å². The molecule has 0 amide bonds. The first-order valence-electron chi connectivity index (χ1n) is 25.9. The summed E-state index contributed by atoms with van der Waals surface area (Å²) in [7, 11) is 8.80. The molecule has 3 N–H and O–H groups in total. The summed E-state index contributed by atoms with van der Waals surface area (Å²) in [5, 5.41) is 34.0. The Hall–Kier alpha value is -4.23. The van der Waals surface area contributed by atoms with Crippen LogP contribution in [0.1, 0.15) is 111 Å². The topological polar surface area (TPSA) is 254 Å². The predicted molar refractivity (Wildman–Crippen MR) is 269 cm³/mol. The summed E-state index contributed by atoms with van der Waals surface area (Å²) >= 11 is 0. The Morgan fingerprint density at radius 2 is 1.49 bits per heavy atom. The number of benzene rings is 1. The molecular formula is C54H82N2O19. The number of hydrogen-bond donors (Lipinski definition) is 3. The fourth-order valence-electron chi connectivity index (χ4n) is 10.5. The number of esters is 4. The van der Waals surface area contributed by atoms with Gasteiger partial charge in [-0.25, -0.2) is 4.79 Å². The third kappa shape index (κ3) is 16.9. The zero-order chi connectivity index (χ0) is 55.5. The van der Waals surface area contributed by atoms with Crippen LogP contribution in [-0.4, -0.2) is 194 Å². The van der Waals surface area contributed by atoms with Crippen LogP contribution in [0.5, 0.6) is 11.5 Å². The summed E-state index contributed by atoms with van der Waals surface area (Å²) in [6.07, 6.45) is -4.44. The lowest BCUT2D eigenvalue weighted by Crippen LogP contribution is -2.66. The Labute approximate surface area is 441 Å². The van der Waals surface area contributed by atoms with Crippen LogP contribution in [0.2, 0.25) is 0 Å². The number of aliphatic hydroxyl groups excluding tert-OH is 2. The van der Waals surface area contributed by atoms with Crippen molar-refractivity contribution in [1.29, 1.82) is 0 Å². The van der Waals surface area contributed by atoms with Crippen LogP contribution in [0.15, 0.2) is 42.5 Å². The van der Waals surface area contributed by atoms with Crippen molar-refractivity contribution >= 4 is 30.2 Å². The number of rotatable bonds is 15. The first-order chi connectivity index (χ1) is 35.3. The minimum Gasteiger partial charge on any atom is -0.462 e. The van der Waals surface area contributed by atoms with Gasteiger partial charge in [-0.3, -0.25) is 14.4 Å². The lowest BCUT2D eigenvalue weighted by molar-refractivity contribution is -0.343. The molecule has 1 aromatic carbocycles. The molecule has 3 fully saturated rings. The van der Waals surface area contributed by atoms with Crippen molar-refractivity contribution in [2.45, 2.75) is 204 Å². The van der Waals surface area contributed by atoms with Crippen molar-refractivity contribution in [3.8, 4) is 11.5 Å². The Morgan fingerprint density at radius 1 is 0.813 bits per heavy atom. The molecule has 21 nitrogen and oxygen atoms in total. The minimum absolute atomic E-state index is 0.119. The summed E-state index contributed by atoms with van der Waals surface area (Å²) in [5.74, 6) is -4.65. The highest BCUT2D eigenvalue weighted by Gasteiger charge is 2.54. The number of allylic oxidation sites excluding steroid dienone is 2. The number of ether oxygens (including phenoxy) is 11. The van der Waals surface area contributed by atoms with Gasteiger partial charge in [0.1, 0.15) is 30.7 Å². The maximum absolute atomic E-state index is 14.6. The Kier molecular flexibility index (Phi) is 22.9. The van der Waals surface area contributed by atoms with Crippen LogP contribution < -0.4 is 9.47 Å². The molecule has 4 aliphatic rings. The monoisotopic (exact) mass is 1060 g/mol. The van der Waals surface area contributed by atoms with Crippen molar-refractivity contribution < 1.29 is 91.4 Å². The average Bonchev–Trinajstić information content (AvgIpc) is 3.30. The summed E-state index contributed by atoms with van der Waals surface area (Å²) < 4.78 is 68.3. The zero-order valence-electron chi connectivity index (χ0n) is 45.7. The number of likely N-dealkylation sites (N-methyl/N-ethyl adjacent to an activating group) is 2. The van der Waals surface area contributed by atoms with E-state index in [9.17, 15) is 39.3 Å². The molecule has 75 heavy (non-hydrogen) atoms. The predicted octanol–water partition coefficient (Wildman–Crippen LogP) is 4.04. The van der Waals surface area contributed by atoms with E-state index < -0.39 is 128 Å². The number of hydrogen-bond acceptors (Lipinski definition) is 21. The van der Waals surface area contributed by atoms with Gasteiger partial charge in [0.05, 0.1) is 60.3 Å². The molecular weight excluding hydrogens is 981 g/mol. The minimum atomic E-state index is -1.60. The van der Waals surface area contributed by atoms with E-state index in [1.165, 1.54) is 32.2 Å². The van der Waals surface area contributed by atoms with Crippen LogP contribution in [0.3, 0.4) is 0 Å². The van der Waals surface area contributed by atoms with Gasteiger partial charge in [0.25, 0.3) is 0 Å². The van der Waals surface area contributed by atoms with Crippen molar-refractivity contribution in [3.63, 3.8) is 0 Å². The lowest BCUT2D eigenvalue weighted by Gasteiger charge is -2.50. The fraction of sp³-hybridized carbons (Fsp3) is 0.722. The molecule has 3 saturated heterocycles. The highest BCUT2D eigenvalue weighted by Crippen LogP contribution is 2.39. The van der Waals surface area contributed by atoms with Gasteiger partial charge >= 0.3 is 23.9 Å². The van der Waals surface area contributed by atoms with E-state index in [0.29, 0.717) is 12.8 Å². The Morgan fingerprint density at radius 3 is 2.11 bits per heavy atom. The molecule has 19 atom stereocenters. The highest BCUT2D eigenvalue weighted by atomic mass is 16.7. The summed E-state index contributed by atoms with van der Waals surface area (Å²) in [6, 6.07) is 3.00. The molecule has 21 heteroatoms. The van der Waals surface area contributed by atoms with Crippen LogP contribution >= 0.6 is 0 Å². The van der Waals surface area contributed by atoms with Gasteiger partial charge in [-0.05, 0) is 112 Å². The van der Waals surface area contributed by atoms with Crippen LogP contribution in [0.4, 0.5) is 0 Å². The van der Waals surface area contributed by atoms with E-state index in [4.69, 9.17) is 52.1 Å². The lowest BCUT2D eigenvalue weighted by atomic mass is 9.82. The standard InChI is InChI=1S/C54H82N2O19/c1-29-25-36(23-24-57)48(49(65-13)39(60)27-43(61)66-30(2)17-15-14-16-18-40(29)72-44-22-20-38(55(9)10)31(3)67-44)75-53-50(74-52(63)37-19-21-41(70-34(6)58)42(26-37)71-35(7)59)46(56(11)12)47(32(4)69-53)73-45-28-54(8,64)51(62)33(5)68-45/h14-16,18-19,21,24,26,29-33,36,38-40,44-51,53,60,62,64H,17,20,22-23,25,27-28H2,1-13H3/b15-14+,18-16+/t29-,30-,31-,32-,33+,36+,38+,39-,40+,44+,45+,46+,47-,48+,49?,50-,51+,53+,54-/m1/s1. The second-order valence-electron chi connectivity index (χ2n) is 21.0. The number of methoxy groups -OCH3 is 1. The molecule has 5 rings (SSSR count). The fourth-order valence-corrected chi connectivity index (χ4v) is 10.5. The average molecular weight is 1060 g/mol. The number of nitrogens with zero attached hydrogens (tertiary/aromatic N) is 2. The number of aliphatic hydroxyl groups is 3. The third-order valence-electron chi connectivity index (χ3n) is 14.3. The van der Waals surface area contributed by atoms with Crippen molar-refractivity contribution in [2.24, 2.45) is 11.8 Å². The van der Waals surface area contributed by atoms with Gasteiger partial charge in [-0.15, -0.1) is 0 Å². The third-order valence-corrected chi connectivity index (χ3v) is 14.3. The second-order valence-corrected chi connectivity index (χ2v) is 21.0. The molecule has 0 spiro atoms. The van der Waals surface area contributed by atoms with Gasteiger partial charge in [0, 0.05) is 46.3 Å². The first-order valence-corrected chi connectivity index (χ1v) is 25.9. The maximum Gasteiger partial charge on any atom is 0.338 e. The largest absolute Gasteiger partial charge is 0.462 e. The van der Waals surface area contributed by atoms with E-state index in [1.807, 2.05) is 52.2 Å². The number of carbonyl (C=O) groups is 5. The SMILES string of the molecule is COC1[C@H](O)CC(=O)O[C@H](C)C/C=C/C=C/[C@H](O[C@H]2CC[C@H](N(C)C)[C@@H](C)O2)[C@H](C)C[C@H](CC=O)[C@@H]1O[C@@H]1O[C@H](C)[C@@H](O[C@H]2C[C@@](C)(O)[C@@H](O)[C@H](C)O2)[C@H](N(C)C)[C@H]1OC(=O)c1ccc(OC(C)=O)c(OC(C)=O)c1. The molecule has 0 bridgehead atoms. The number of cyclic esters (lactones) is 1. The molecule has 4 aliphatic heterocycles. The van der Waals surface area contributed by atoms with Gasteiger partial charge in [-0.2, -0.15) is 0 Å². The Balaban J connectivity index is 1.61. The number of aldehydes is 1. The van der Waals surface area contributed by atoms with Crippen molar-refractivity contribution in [2.75, 3.05) is 35.3 Å². The van der Waals surface area contributed by atoms with Crippen molar-refractivity contribution in [1.82, 2.24) is 9.80 Å². The zero-order valence-corrected chi connectivity index (χ0v) is 45.7. The quantitative estimate of drug-likeness (QED) is 0.127. The molecule has 1 unspecified atom stereocenters. The highest BCUT2D eigenvalue weighted by molar-refractivity contribution is 5.91. The maximum atomic E-state index is 14.6. The first kappa shape index (κ1) is 61.6. The number of carbonyl (C=O) groups excluding carboxylic acids is 5.